The van der Waals surface area contributed by atoms with E-state index in [9.17, 15) is 4.21 Å². The number of hydrogen-bond donors (Lipinski definition) is 1. The Kier molecular flexibility index (Phi) is 1.52. The molecule has 0 bridgehead atoms. The van der Waals surface area contributed by atoms with Crippen molar-refractivity contribution in [3.8, 4) is 0 Å². The van der Waals surface area contributed by atoms with E-state index < -0.39 is 9.73 Å². The SMILES string of the molecule is Cn1ccnc1[S@](C)(=N)=O. The third kappa shape index (κ3) is 1.18. The summed E-state index contributed by atoms with van der Waals surface area (Å²) in [6.07, 6.45) is 4.56. The minimum absolute atomic E-state index is 0.326. The highest BCUT2D eigenvalue weighted by Crippen LogP contribution is 2.02. The minimum Gasteiger partial charge on any atom is -0.326 e. The molecule has 0 aromatic carbocycles. The second-order valence-electron chi connectivity index (χ2n) is 2.16. The van der Waals surface area contributed by atoms with Gasteiger partial charge in [0.05, 0.1) is 0 Å². The molecule has 0 spiro atoms. The van der Waals surface area contributed by atoms with Crippen molar-refractivity contribution < 1.29 is 4.21 Å². The summed E-state index contributed by atoms with van der Waals surface area (Å²) in [5, 5.41) is 0.326. The van der Waals surface area contributed by atoms with Gasteiger partial charge in [0.15, 0.2) is 0 Å². The first kappa shape index (κ1) is 7.27. The molecule has 1 aromatic rings. The number of imidazole rings is 1. The van der Waals surface area contributed by atoms with Gasteiger partial charge in [-0.1, -0.05) is 0 Å². The summed E-state index contributed by atoms with van der Waals surface area (Å²) in [6, 6.07) is 0. The largest absolute Gasteiger partial charge is 0.326 e. The summed E-state index contributed by atoms with van der Waals surface area (Å²) < 4.78 is 19.8. The highest BCUT2D eigenvalue weighted by molar-refractivity contribution is 7.91. The molecule has 56 valence electrons. The van der Waals surface area contributed by atoms with Gasteiger partial charge in [-0.25, -0.2) is 14.0 Å². The van der Waals surface area contributed by atoms with E-state index in [4.69, 9.17) is 4.78 Å². The average molecular weight is 159 g/mol. The summed E-state index contributed by atoms with van der Waals surface area (Å²) in [4.78, 5) is 3.79. The van der Waals surface area contributed by atoms with E-state index in [2.05, 4.69) is 4.98 Å². The monoisotopic (exact) mass is 159 g/mol. The molecule has 1 N–H and O–H groups in total. The first-order chi connectivity index (χ1) is 4.52. The van der Waals surface area contributed by atoms with Crippen LogP contribution in [0.5, 0.6) is 0 Å². The van der Waals surface area contributed by atoms with Crippen molar-refractivity contribution in [3.63, 3.8) is 0 Å². The van der Waals surface area contributed by atoms with Crippen molar-refractivity contribution in [1.82, 2.24) is 9.55 Å². The zero-order chi connectivity index (χ0) is 7.78. The molecule has 4 nitrogen and oxygen atoms in total. The lowest BCUT2D eigenvalue weighted by molar-refractivity contribution is 0.660. The Morgan fingerprint density at radius 2 is 2.40 bits per heavy atom. The van der Waals surface area contributed by atoms with E-state index in [0.717, 1.165) is 0 Å². The summed E-state index contributed by atoms with van der Waals surface area (Å²) in [6.45, 7) is 0. The quantitative estimate of drug-likeness (QED) is 0.647. The summed E-state index contributed by atoms with van der Waals surface area (Å²) >= 11 is 0. The number of nitrogens with zero attached hydrogens (tertiary/aromatic N) is 2. The van der Waals surface area contributed by atoms with E-state index >= 15 is 0 Å². The summed E-state index contributed by atoms with van der Waals surface area (Å²) in [7, 11) is -0.916. The van der Waals surface area contributed by atoms with Crippen molar-refractivity contribution in [2.75, 3.05) is 6.26 Å². The van der Waals surface area contributed by atoms with E-state index in [1.54, 1.807) is 17.8 Å². The number of aryl methyl sites for hydroxylation is 1. The Balaban J connectivity index is 3.32. The van der Waals surface area contributed by atoms with Gasteiger partial charge in [-0.05, 0) is 0 Å². The van der Waals surface area contributed by atoms with Gasteiger partial charge in [-0.3, -0.25) is 0 Å². The van der Waals surface area contributed by atoms with E-state index in [-0.39, 0.29) is 0 Å². The van der Waals surface area contributed by atoms with Crippen LogP contribution in [0.1, 0.15) is 0 Å². The molecule has 1 aromatic heterocycles. The van der Waals surface area contributed by atoms with E-state index in [1.807, 2.05) is 0 Å². The normalized spacial score (nSPS) is 16.6. The Bertz CT molecular complexity index is 324. The van der Waals surface area contributed by atoms with E-state index in [1.165, 1.54) is 12.5 Å². The fraction of sp³-hybridized carbons (Fsp3) is 0.400. The molecule has 0 saturated carbocycles. The van der Waals surface area contributed by atoms with Gasteiger partial charge in [0.25, 0.3) is 0 Å². The lowest BCUT2D eigenvalue weighted by Gasteiger charge is -1.98. The molecule has 1 heterocycles. The van der Waals surface area contributed by atoms with Crippen LogP contribution >= 0.6 is 0 Å². The van der Waals surface area contributed by atoms with Gasteiger partial charge < -0.3 is 4.57 Å². The lowest BCUT2D eigenvalue weighted by atomic mass is 10.9. The van der Waals surface area contributed by atoms with E-state index in [0.29, 0.717) is 5.16 Å². The molecule has 0 aliphatic heterocycles. The molecular weight excluding hydrogens is 150 g/mol. The molecule has 0 unspecified atom stereocenters. The molecule has 0 saturated heterocycles. The standard InChI is InChI=1S/C5H9N3OS/c1-8-4-3-7-5(8)10(2,6)9/h3-4,6H,1-2H3/t10-/m1/s1. The Hall–Kier alpha value is -0.840. The van der Waals surface area contributed by atoms with Crippen LogP contribution in [0, 0.1) is 4.78 Å². The second kappa shape index (κ2) is 2.09. The van der Waals surface area contributed by atoms with Gasteiger partial charge in [-0.15, -0.1) is 0 Å². The van der Waals surface area contributed by atoms with Gasteiger partial charge >= 0.3 is 0 Å². The molecule has 10 heavy (non-hydrogen) atoms. The highest BCUT2D eigenvalue weighted by atomic mass is 32.2. The van der Waals surface area contributed by atoms with Gasteiger partial charge in [0.2, 0.25) is 5.16 Å². The maximum atomic E-state index is 11.1. The first-order valence-electron chi connectivity index (χ1n) is 2.73. The topological polar surface area (TPSA) is 58.7 Å². The van der Waals surface area contributed by atoms with Crippen molar-refractivity contribution in [1.29, 1.82) is 4.78 Å². The van der Waals surface area contributed by atoms with Crippen LogP contribution in [-0.2, 0) is 16.8 Å². The van der Waals surface area contributed by atoms with Crippen LogP contribution in [0.15, 0.2) is 17.6 Å². The van der Waals surface area contributed by atoms with Crippen LogP contribution in [0.25, 0.3) is 0 Å². The van der Waals surface area contributed by atoms with Crippen molar-refractivity contribution >= 4 is 9.73 Å². The second-order valence-corrected chi connectivity index (χ2v) is 4.22. The molecule has 0 aliphatic rings. The molecule has 1 rings (SSSR count). The Morgan fingerprint density at radius 3 is 2.60 bits per heavy atom. The lowest BCUT2D eigenvalue weighted by Crippen LogP contribution is -2.03. The fourth-order valence-electron chi connectivity index (χ4n) is 0.727. The molecule has 5 heteroatoms. The third-order valence-electron chi connectivity index (χ3n) is 1.13. The van der Waals surface area contributed by atoms with Crippen LogP contribution in [-0.4, -0.2) is 20.0 Å². The first-order valence-corrected chi connectivity index (χ1v) is 4.69. The average Bonchev–Trinajstić information content (AvgIpc) is 2.11. The predicted octanol–water partition coefficient (Wildman–Crippen LogP) is 0.456. The predicted molar refractivity (Wildman–Crippen MR) is 38.3 cm³/mol. The zero-order valence-corrected chi connectivity index (χ0v) is 6.68. The Labute approximate surface area is 59.9 Å². The number of nitrogens with one attached hydrogen (secondary N) is 1. The van der Waals surface area contributed by atoms with Crippen molar-refractivity contribution in [2.45, 2.75) is 5.16 Å². The fourth-order valence-corrected chi connectivity index (χ4v) is 1.60. The van der Waals surface area contributed by atoms with Gasteiger partial charge in [-0.2, -0.15) is 0 Å². The van der Waals surface area contributed by atoms with Crippen molar-refractivity contribution in [3.05, 3.63) is 12.4 Å². The Morgan fingerprint density at radius 1 is 1.80 bits per heavy atom. The molecular formula is C5H9N3OS. The van der Waals surface area contributed by atoms with Crippen LogP contribution < -0.4 is 0 Å². The third-order valence-corrected chi connectivity index (χ3v) is 2.22. The maximum absolute atomic E-state index is 11.1. The smallest absolute Gasteiger partial charge is 0.206 e. The van der Waals surface area contributed by atoms with Gasteiger partial charge in [0.1, 0.15) is 9.73 Å². The molecule has 0 aliphatic carbocycles. The van der Waals surface area contributed by atoms with Crippen molar-refractivity contribution in [2.24, 2.45) is 7.05 Å². The van der Waals surface area contributed by atoms with Crippen LogP contribution in [0.3, 0.4) is 0 Å². The molecule has 0 amide bonds. The van der Waals surface area contributed by atoms with Crippen LogP contribution in [0.4, 0.5) is 0 Å². The van der Waals surface area contributed by atoms with Gasteiger partial charge in [0, 0.05) is 25.7 Å². The van der Waals surface area contributed by atoms with Crippen LogP contribution in [0.2, 0.25) is 0 Å². The molecule has 0 fully saturated rings. The molecule has 0 radical (unpaired) electrons. The zero-order valence-electron chi connectivity index (χ0n) is 5.87. The number of aromatic nitrogens is 2. The number of rotatable bonds is 1. The number of hydrogen-bond acceptors (Lipinski definition) is 3. The summed E-state index contributed by atoms with van der Waals surface area (Å²) in [5.41, 5.74) is 0. The minimum atomic E-state index is -2.64. The maximum Gasteiger partial charge on any atom is 0.206 e. The molecule has 1 atom stereocenters. The highest BCUT2D eigenvalue weighted by Gasteiger charge is 2.06. The summed E-state index contributed by atoms with van der Waals surface area (Å²) in [5.74, 6) is 0.